The minimum absolute atomic E-state index is 0.156. The first-order chi connectivity index (χ1) is 8.15. The summed E-state index contributed by atoms with van der Waals surface area (Å²) in [4.78, 5) is 19.6. The maximum Gasteiger partial charge on any atom is 0.344 e. The zero-order valence-corrected chi connectivity index (χ0v) is 9.25. The van der Waals surface area contributed by atoms with Crippen molar-refractivity contribution in [3.05, 3.63) is 47.8 Å². The Hall–Kier alpha value is -2.43. The summed E-state index contributed by atoms with van der Waals surface area (Å²) < 4.78 is 5.09. The molecular formula is C12H11N3O2. The Bertz CT molecular complexity index is 520. The van der Waals surface area contributed by atoms with Gasteiger partial charge < -0.3 is 10.5 Å². The number of nitrogens with two attached hydrogens (primary N) is 1. The number of hydrogen-bond donors (Lipinski definition) is 1. The van der Waals surface area contributed by atoms with Gasteiger partial charge in [-0.05, 0) is 19.1 Å². The Kier molecular flexibility index (Phi) is 3.00. The highest BCUT2D eigenvalue weighted by Crippen LogP contribution is 2.12. The molecule has 0 unspecified atom stereocenters. The summed E-state index contributed by atoms with van der Waals surface area (Å²) in [6.07, 6.45) is 0. The standard InChI is InChI=1S/C12H11N3O2/c1-8-14-10(13)7-11(15-8)17-12(16)9-5-3-2-4-6-9/h2-7H,1H3,(H2,13,14,15). The summed E-state index contributed by atoms with van der Waals surface area (Å²) in [5, 5.41) is 0. The summed E-state index contributed by atoms with van der Waals surface area (Å²) in [5.74, 6) is 0.418. The molecule has 0 radical (unpaired) electrons. The van der Waals surface area contributed by atoms with Crippen molar-refractivity contribution in [2.45, 2.75) is 6.92 Å². The van der Waals surface area contributed by atoms with Crippen LogP contribution in [0.4, 0.5) is 5.82 Å². The summed E-state index contributed by atoms with van der Waals surface area (Å²) in [6.45, 7) is 1.68. The molecular weight excluding hydrogens is 218 g/mol. The van der Waals surface area contributed by atoms with E-state index in [-0.39, 0.29) is 11.7 Å². The summed E-state index contributed by atoms with van der Waals surface area (Å²) in [7, 11) is 0. The lowest BCUT2D eigenvalue weighted by molar-refractivity contribution is 0.0727. The van der Waals surface area contributed by atoms with Crippen molar-refractivity contribution in [2.24, 2.45) is 0 Å². The van der Waals surface area contributed by atoms with Crippen LogP contribution in [0, 0.1) is 6.92 Å². The molecule has 5 heteroatoms. The van der Waals surface area contributed by atoms with Gasteiger partial charge in [-0.1, -0.05) is 18.2 Å². The Balaban J connectivity index is 2.19. The van der Waals surface area contributed by atoms with Crippen LogP contribution < -0.4 is 10.5 Å². The van der Waals surface area contributed by atoms with Gasteiger partial charge in [0.2, 0.25) is 5.88 Å². The van der Waals surface area contributed by atoms with E-state index in [2.05, 4.69) is 9.97 Å². The number of anilines is 1. The van der Waals surface area contributed by atoms with Crippen LogP contribution in [-0.2, 0) is 0 Å². The van der Waals surface area contributed by atoms with E-state index in [1.807, 2.05) is 6.07 Å². The molecule has 17 heavy (non-hydrogen) atoms. The summed E-state index contributed by atoms with van der Waals surface area (Å²) in [6, 6.07) is 10.1. The number of aryl methyl sites for hydroxylation is 1. The maximum atomic E-state index is 11.7. The minimum atomic E-state index is -0.469. The van der Waals surface area contributed by atoms with Crippen LogP contribution >= 0.6 is 0 Å². The third-order valence-corrected chi connectivity index (χ3v) is 2.04. The highest BCUT2D eigenvalue weighted by atomic mass is 16.5. The number of carbonyl (C=O) groups excluding carboxylic acids is 1. The first kappa shape index (κ1) is 11.1. The lowest BCUT2D eigenvalue weighted by Crippen LogP contribution is -2.10. The Morgan fingerprint density at radius 3 is 2.59 bits per heavy atom. The van der Waals surface area contributed by atoms with Gasteiger partial charge in [0.05, 0.1) is 5.56 Å². The second-order valence-corrected chi connectivity index (χ2v) is 3.43. The van der Waals surface area contributed by atoms with E-state index in [0.717, 1.165) is 0 Å². The van der Waals surface area contributed by atoms with Crippen LogP contribution in [0.2, 0.25) is 0 Å². The SMILES string of the molecule is Cc1nc(N)cc(OC(=O)c2ccccc2)n1. The average Bonchev–Trinajstić information content (AvgIpc) is 2.28. The zero-order valence-electron chi connectivity index (χ0n) is 9.25. The van der Waals surface area contributed by atoms with Gasteiger partial charge in [0.1, 0.15) is 11.6 Å². The average molecular weight is 229 g/mol. The number of carbonyl (C=O) groups is 1. The quantitative estimate of drug-likeness (QED) is 0.791. The fourth-order valence-electron chi connectivity index (χ4n) is 1.34. The fourth-order valence-corrected chi connectivity index (χ4v) is 1.34. The number of ether oxygens (including phenoxy) is 1. The highest BCUT2D eigenvalue weighted by molar-refractivity contribution is 5.90. The van der Waals surface area contributed by atoms with Crippen molar-refractivity contribution in [3.63, 3.8) is 0 Å². The van der Waals surface area contributed by atoms with Crippen molar-refractivity contribution in [1.29, 1.82) is 0 Å². The van der Waals surface area contributed by atoms with Gasteiger partial charge in [0.15, 0.2) is 0 Å². The smallest absolute Gasteiger partial charge is 0.344 e. The molecule has 86 valence electrons. The number of benzene rings is 1. The van der Waals surface area contributed by atoms with Crippen molar-refractivity contribution in [1.82, 2.24) is 9.97 Å². The van der Waals surface area contributed by atoms with Crippen LogP contribution in [0.25, 0.3) is 0 Å². The van der Waals surface area contributed by atoms with Crippen molar-refractivity contribution >= 4 is 11.8 Å². The largest absolute Gasteiger partial charge is 0.404 e. The summed E-state index contributed by atoms with van der Waals surface area (Å²) in [5.41, 5.74) is 5.99. The van der Waals surface area contributed by atoms with E-state index < -0.39 is 5.97 Å². The molecule has 0 bridgehead atoms. The predicted octanol–water partition coefficient (Wildman–Crippen LogP) is 1.59. The van der Waals surface area contributed by atoms with E-state index in [1.54, 1.807) is 31.2 Å². The van der Waals surface area contributed by atoms with E-state index in [4.69, 9.17) is 10.5 Å². The van der Waals surface area contributed by atoms with Gasteiger partial charge >= 0.3 is 5.97 Å². The molecule has 1 aromatic heterocycles. The van der Waals surface area contributed by atoms with Crippen LogP contribution in [0.5, 0.6) is 5.88 Å². The molecule has 5 nitrogen and oxygen atoms in total. The molecule has 0 atom stereocenters. The molecule has 0 aliphatic carbocycles. The molecule has 0 aliphatic heterocycles. The van der Waals surface area contributed by atoms with Crippen molar-refractivity contribution in [3.8, 4) is 5.88 Å². The van der Waals surface area contributed by atoms with Crippen LogP contribution in [0.3, 0.4) is 0 Å². The van der Waals surface area contributed by atoms with Gasteiger partial charge in [-0.25, -0.2) is 9.78 Å². The predicted molar refractivity (Wildman–Crippen MR) is 62.6 cm³/mol. The van der Waals surface area contributed by atoms with E-state index in [1.165, 1.54) is 6.07 Å². The Morgan fingerprint density at radius 2 is 1.94 bits per heavy atom. The molecule has 0 saturated carbocycles. The number of nitrogen functional groups attached to an aromatic ring is 1. The molecule has 1 heterocycles. The molecule has 2 rings (SSSR count). The second-order valence-electron chi connectivity index (χ2n) is 3.43. The molecule has 2 N–H and O–H groups in total. The highest BCUT2D eigenvalue weighted by Gasteiger charge is 2.09. The molecule has 2 aromatic rings. The molecule has 0 fully saturated rings. The van der Waals surface area contributed by atoms with Crippen LogP contribution in [-0.4, -0.2) is 15.9 Å². The lowest BCUT2D eigenvalue weighted by atomic mass is 10.2. The molecule has 0 aliphatic rings. The molecule has 0 saturated heterocycles. The lowest BCUT2D eigenvalue weighted by Gasteiger charge is -2.04. The topological polar surface area (TPSA) is 78.1 Å². The van der Waals surface area contributed by atoms with Gasteiger partial charge in [0, 0.05) is 6.07 Å². The summed E-state index contributed by atoms with van der Waals surface area (Å²) >= 11 is 0. The van der Waals surface area contributed by atoms with Gasteiger partial charge in [-0.2, -0.15) is 4.98 Å². The van der Waals surface area contributed by atoms with Gasteiger partial charge in [0.25, 0.3) is 0 Å². The zero-order chi connectivity index (χ0) is 12.3. The molecule has 1 aromatic carbocycles. The first-order valence-electron chi connectivity index (χ1n) is 5.03. The fraction of sp³-hybridized carbons (Fsp3) is 0.0833. The van der Waals surface area contributed by atoms with Gasteiger partial charge in [-0.15, -0.1) is 0 Å². The number of hydrogen-bond acceptors (Lipinski definition) is 5. The van der Waals surface area contributed by atoms with Gasteiger partial charge in [-0.3, -0.25) is 0 Å². The van der Waals surface area contributed by atoms with E-state index >= 15 is 0 Å². The number of esters is 1. The third kappa shape index (κ3) is 2.78. The molecule has 0 spiro atoms. The van der Waals surface area contributed by atoms with E-state index in [9.17, 15) is 4.79 Å². The van der Waals surface area contributed by atoms with Crippen molar-refractivity contribution in [2.75, 3.05) is 5.73 Å². The number of aromatic nitrogens is 2. The third-order valence-electron chi connectivity index (χ3n) is 2.04. The van der Waals surface area contributed by atoms with Crippen molar-refractivity contribution < 1.29 is 9.53 Å². The Labute approximate surface area is 98.3 Å². The Morgan fingerprint density at radius 1 is 1.24 bits per heavy atom. The number of rotatable bonds is 2. The van der Waals surface area contributed by atoms with E-state index in [0.29, 0.717) is 11.4 Å². The van der Waals surface area contributed by atoms with Crippen LogP contribution in [0.15, 0.2) is 36.4 Å². The normalized spacial score (nSPS) is 9.94. The maximum absolute atomic E-state index is 11.7. The molecule has 0 amide bonds. The second kappa shape index (κ2) is 4.61. The first-order valence-corrected chi connectivity index (χ1v) is 5.03. The minimum Gasteiger partial charge on any atom is -0.404 e. The number of nitrogens with zero attached hydrogens (tertiary/aromatic N) is 2. The monoisotopic (exact) mass is 229 g/mol. The van der Waals surface area contributed by atoms with Crippen LogP contribution in [0.1, 0.15) is 16.2 Å².